The maximum absolute atomic E-state index is 12.2. The van der Waals surface area contributed by atoms with Crippen LogP contribution in [0.3, 0.4) is 0 Å². The molecule has 0 aromatic heterocycles. The van der Waals surface area contributed by atoms with Crippen LogP contribution in [0.4, 0.5) is 5.69 Å². The molecule has 1 aliphatic rings. The third kappa shape index (κ3) is 3.69. The van der Waals surface area contributed by atoms with Crippen LogP contribution in [0.2, 0.25) is 0 Å². The molecule has 1 aromatic carbocycles. The van der Waals surface area contributed by atoms with Crippen molar-refractivity contribution < 1.29 is 23.1 Å². The van der Waals surface area contributed by atoms with E-state index in [1.807, 2.05) is 25.8 Å². The summed E-state index contributed by atoms with van der Waals surface area (Å²) in [6.07, 6.45) is -0.263. The zero-order valence-corrected chi connectivity index (χ0v) is 13.6. The molecule has 0 amide bonds. The van der Waals surface area contributed by atoms with Crippen LogP contribution in [0, 0.1) is 0 Å². The van der Waals surface area contributed by atoms with Gasteiger partial charge in [-0.25, -0.2) is 13.1 Å². The number of benzene rings is 1. The van der Waals surface area contributed by atoms with E-state index in [9.17, 15) is 13.2 Å². The maximum atomic E-state index is 12.2. The molecule has 2 N–H and O–H groups in total. The highest BCUT2D eigenvalue weighted by atomic mass is 32.2. The van der Waals surface area contributed by atoms with Crippen LogP contribution in [-0.2, 0) is 14.8 Å². The Morgan fingerprint density at radius 2 is 2.14 bits per heavy atom. The number of fused-ring (bicyclic) bond motifs is 1. The van der Waals surface area contributed by atoms with Crippen LogP contribution in [-0.4, -0.2) is 45.2 Å². The first-order chi connectivity index (χ1) is 10.1. The summed E-state index contributed by atoms with van der Waals surface area (Å²) in [7, 11) is -1.86. The van der Waals surface area contributed by atoms with Crippen molar-refractivity contribution in [3.8, 4) is 5.75 Å². The minimum Gasteiger partial charge on any atom is -0.484 e. The predicted octanol–water partition coefficient (Wildman–Crippen LogP) is 1.05. The third-order valence-corrected chi connectivity index (χ3v) is 4.75. The fraction of sp³-hybridized carbons (Fsp3) is 0.500. The number of carbonyl (C=O) groups is 1. The molecule has 22 heavy (non-hydrogen) atoms. The molecule has 0 fully saturated rings. The Balaban J connectivity index is 2.24. The van der Waals surface area contributed by atoms with Gasteiger partial charge in [0.05, 0.1) is 23.5 Å². The first-order valence-electron chi connectivity index (χ1n) is 6.86. The molecule has 0 bridgehead atoms. The van der Waals surface area contributed by atoms with E-state index in [2.05, 4.69) is 4.72 Å². The van der Waals surface area contributed by atoms with Gasteiger partial charge in [-0.15, -0.1) is 0 Å². The summed E-state index contributed by atoms with van der Waals surface area (Å²) in [5, 5.41) is 8.56. The van der Waals surface area contributed by atoms with Gasteiger partial charge in [0.15, 0.2) is 0 Å². The highest BCUT2D eigenvalue weighted by Gasteiger charge is 2.30. The molecule has 2 rings (SSSR count). The Morgan fingerprint density at radius 1 is 1.45 bits per heavy atom. The van der Waals surface area contributed by atoms with Crippen molar-refractivity contribution in [1.82, 2.24) is 4.72 Å². The van der Waals surface area contributed by atoms with E-state index < -0.39 is 16.0 Å². The number of carboxylic acids is 1. The van der Waals surface area contributed by atoms with E-state index in [0.717, 1.165) is 0 Å². The minimum absolute atomic E-state index is 0.0896. The second-order valence-corrected chi connectivity index (χ2v) is 7.66. The summed E-state index contributed by atoms with van der Waals surface area (Å²) in [4.78, 5) is 12.5. The number of hydrogen-bond donors (Lipinski definition) is 2. The van der Waals surface area contributed by atoms with E-state index in [4.69, 9.17) is 9.84 Å². The van der Waals surface area contributed by atoms with Gasteiger partial charge in [0, 0.05) is 13.6 Å². The van der Waals surface area contributed by atoms with Gasteiger partial charge in [-0.2, -0.15) is 0 Å². The lowest BCUT2D eigenvalue weighted by molar-refractivity contribution is -0.136. The zero-order chi connectivity index (χ0) is 16.5. The smallest absolute Gasteiger partial charge is 0.304 e. The van der Waals surface area contributed by atoms with E-state index in [0.29, 0.717) is 18.0 Å². The average Bonchev–Trinajstić information content (AvgIpc) is 2.36. The molecule has 0 saturated carbocycles. The van der Waals surface area contributed by atoms with Gasteiger partial charge in [0.2, 0.25) is 10.0 Å². The van der Waals surface area contributed by atoms with Crippen LogP contribution < -0.4 is 14.4 Å². The van der Waals surface area contributed by atoms with Gasteiger partial charge in [0.25, 0.3) is 0 Å². The predicted molar refractivity (Wildman–Crippen MR) is 81.9 cm³/mol. The molecule has 0 atom stereocenters. The van der Waals surface area contributed by atoms with Crippen LogP contribution >= 0.6 is 0 Å². The van der Waals surface area contributed by atoms with Gasteiger partial charge in [-0.3, -0.25) is 4.79 Å². The normalized spacial score (nSPS) is 16.8. The van der Waals surface area contributed by atoms with E-state index in [1.165, 1.54) is 12.1 Å². The second-order valence-electron chi connectivity index (χ2n) is 5.89. The number of nitrogens with one attached hydrogen (secondary N) is 1. The van der Waals surface area contributed by atoms with Crippen molar-refractivity contribution in [3.05, 3.63) is 18.2 Å². The highest BCUT2D eigenvalue weighted by Crippen LogP contribution is 2.37. The number of aliphatic carboxylic acids is 1. The molecule has 0 aliphatic carbocycles. The Kier molecular flexibility index (Phi) is 4.35. The van der Waals surface area contributed by atoms with E-state index >= 15 is 0 Å². The Bertz CT molecular complexity index is 684. The fourth-order valence-corrected chi connectivity index (χ4v) is 3.46. The SMILES string of the molecule is CN1CC(C)(C)Oc2ccc(S(=O)(=O)NCCC(=O)O)cc21. The fourth-order valence-electron chi connectivity index (χ4n) is 2.41. The summed E-state index contributed by atoms with van der Waals surface area (Å²) in [6, 6.07) is 4.61. The van der Waals surface area contributed by atoms with Gasteiger partial charge in [0.1, 0.15) is 11.4 Å². The number of carboxylic acid groups (broad SMARTS) is 1. The quantitative estimate of drug-likeness (QED) is 0.839. The summed E-state index contributed by atoms with van der Waals surface area (Å²) < 4.78 is 32.5. The van der Waals surface area contributed by atoms with Crippen LogP contribution in [0.5, 0.6) is 5.75 Å². The lowest BCUT2D eigenvalue weighted by Crippen LogP contribution is -2.45. The van der Waals surface area contributed by atoms with Crippen molar-refractivity contribution in [3.63, 3.8) is 0 Å². The summed E-state index contributed by atoms with van der Waals surface area (Å²) in [5.74, 6) is -0.424. The number of anilines is 1. The maximum Gasteiger partial charge on any atom is 0.304 e. The van der Waals surface area contributed by atoms with Gasteiger partial charge < -0.3 is 14.7 Å². The second kappa shape index (κ2) is 5.77. The summed E-state index contributed by atoms with van der Waals surface area (Å²) in [5.41, 5.74) is 0.349. The Morgan fingerprint density at radius 3 is 2.77 bits per heavy atom. The molecule has 1 aromatic rings. The standard InChI is InChI=1S/C14H20N2O5S/c1-14(2)9-16(3)11-8-10(4-5-12(11)21-14)22(19,20)15-7-6-13(17)18/h4-5,8,15H,6-7,9H2,1-3H3,(H,17,18). The van der Waals surface area contributed by atoms with E-state index in [1.54, 1.807) is 6.07 Å². The topological polar surface area (TPSA) is 95.9 Å². The molecule has 1 aliphatic heterocycles. The summed E-state index contributed by atoms with van der Waals surface area (Å²) in [6.45, 7) is 4.42. The van der Waals surface area contributed by atoms with Crippen LogP contribution in [0.25, 0.3) is 0 Å². The minimum atomic E-state index is -3.74. The molecule has 0 spiro atoms. The zero-order valence-electron chi connectivity index (χ0n) is 12.8. The van der Waals surface area contributed by atoms with Crippen molar-refractivity contribution in [2.75, 3.05) is 25.0 Å². The monoisotopic (exact) mass is 328 g/mol. The number of nitrogens with zero attached hydrogens (tertiary/aromatic N) is 1. The Labute approximate surface area is 129 Å². The molecule has 122 valence electrons. The third-order valence-electron chi connectivity index (χ3n) is 3.29. The number of likely N-dealkylation sites (N-methyl/N-ethyl adjacent to an activating group) is 1. The number of hydrogen-bond acceptors (Lipinski definition) is 5. The molecular weight excluding hydrogens is 308 g/mol. The van der Waals surface area contributed by atoms with Crippen molar-refractivity contribution in [2.24, 2.45) is 0 Å². The molecule has 0 unspecified atom stereocenters. The lowest BCUT2D eigenvalue weighted by Gasteiger charge is -2.39. The van der Waals surface area contributed by atoms with E-state index in [-0.39, 0.29) is 23.5 Å². The number of rotatable bonds is 5. The lowest BCUT2D eigenvalue weighted by atomic mass is 10.1. The van der Waals surface area contributed by atoms with Crippen molar-refractivity contribution in [1.29, 1.82) is 0 Å². The molecule has 0 saturated heterocycles. The average molecular weight is 328 g/mol. The molecule has 0 radical (unpaired) electrons. The molecule has 7 nitrogen and oxygen atoms in total. The van der Waals surface area contributed by atoms with Crippen LogP contribution in [0.15, 0.2) is 23.1 Å². The largest absolute Gasteiger partial charge is 0.484 e. The first kappa shape index (κ1) is 16.6. The molecule has 8 heteroatoms. The van der Waals surface area contributed by atoms with Gasteiger partial charge in [-0.1, -0.05) is 0 Å². The summed E-state index contributed by atoms with van der Waals surface area (Å²) >= 11 is 0. The van der Waals surface area contributed by atoms with Crippen LogP contribution in [0.1, 0.15) is 20.3 Å². The van der Waals surface area contributed by atoms with Crippen molar-refractivity contribution in [2.45, 2.75) is 30.8 Å². The molecule has 1 heterocycles. The van der Waals surface area contributed by atoms with Gasteiger partial charge >= 0.3 is 5.97 Å². The number of ether oxygens (including phenoxy) is 1. The Hall–Kier alpha value is -1.80. The first-order valence-corrected chi connectivity index (χ1v) is 8.35. The molecular formula is C14H20N2O5S. The highest BCUT2D eigenvalue weighted by molar-refractivity contribution is 7.89. The number of sulfonamides is 1. The van der Waals surface area contributed by atoms with Gasteiger partial charge in [-0.05, 0) is 32.0 Å². The van der Waals surface area contributed by atoms with Crippen molar-refractivity contribution >= 4 is 21.7 Å².